The van der Waals surface area contributed by atoms with Crippen LogP contribution in [0.5, 0.6) is 0 Å². The van der Waals surface area contributed by atoms with Gasteiger partial charge in [-0.05, 0) is 31.0 Å². The number of rotatable bonds is 4. The van der Waals surface area contributed by atoms with Crippen LogP contribution >= 0.6 is 0 Å². The first-order valence-corrected chi connectivity index (χ1v) is 5.11. The van der Waals surface area contributed by atoms with Gasteiger partial charge in [-0.15, -0.1) is 0 Å². The van der Waals surface area contributed by atoms with Gasteiger partial charge in [0.15, 0.2) is 0 Å². The van der Waals surface area contributed by atoms with Crippen molar-refractivity contribution in [3.63, 3.8) is 0 Å². The molecule has 4 heteroatoms. The van der Waals surface area contributed by atoms with E-state index in [0.717, 1.165) is 5.56 Å². The van der Waals surface area contributed by atoms with Gasteiger partial charge in [0, 0.05) is 12.4 Å². The Kier molecular flexibility index (Phi) is 4.24. The van der Waals surface area contributed by atoms with Crippen molar-refractivity contribution < 1.29 is 4.79 Å². The van der Waals surface area contributed by atoms with Gasteiger partial charge in [0.2, 0.25) is 5.91 Å². The van der Waals surface area contributed by atoms with E-state index in [1.807, 2.05) is 26.0 Å². The molecule has 0 bridgehead atoms. The molecule has 0 aliphatic carbocycles. The molecule has 3 N–H and O–H groups in total. The SMILES string of the molecule is CC[C@H](N)C(=O)N[C@@H](C)c1ccncc1. The lowest BCUT2D eigenvalue weighted by atomic mass is 10.1. The molecule has 0 unspecified atom stereocenters. The predicted molar refractivity (Wildman–Crippen MR) is 59.1 cm³/mol. The number of hydrogen-bond donors (Lipinski definition) is 2. The van der Waals surface area contributed by atoms with E-state index in [1.165, 1.54) is 0 Å². The van der Waals surface area contributed by atoms with Crippen LogP contribution < -0.4 is 11.1 Å². The zero-order chi connectivity index (χ0) is 11.3. The molecule has 0 aliphatic rings. The average Bonchev–Trinajstić information content (AvgIpc) is 2.29. The van der Waals surface area contributed by atoms with Gasteiger partial charge < -0.3 is 11.1 Å². The third-order valence-electron chi connectivity index (χ3n) is 2.34. The van der Waals surface area contributed by atoms with E-state index in [9.17, 15) is 4.79 Å². The van der Waals surface area contributed by atoms with E-state index in [4.69, 9.17) is 5.73 Å². The summed E-state index contributed by atoms with van der Waals surface area (Å²) < 4.78 is 0. The van der Waals surface area contributed by atoms with Gasteiger partial charge in [0.1, 0.15) is 0 Å². The highest BCUT2D eigenvalue weighted by Crippen LogP contribution is 2.10. The topological polar surface area (TPSA) is 68.0 Å². The van der Waals surface area contributed by atoms with E-state index in [-0.39, 0.29) is 11.9 Å². The van der Waals surface area contributed by atoms with Crippen molar-refractivity contribution in [1.29, 1.82) is 0 Å². The lowest BCUT2D eigenvalue weighted by molar-refractivity contribution is -0.123. The van der Waals surface area contributed by atoms with Gasteiger partial charge in [-0.3, -0.25) is 9.78 Å². The number of carbonyl (C=O) groups is 1. The van der Waals surface area contributed by atoms with Crippen LogP contribution in [0.4, 0.5) is 0 Å². The minimum atomic E-state index is -0.422. The number of nitrogens with zero attached hydrogens (tertiary/aromatic N) is 1. The van der Waals surface area contributed by atoms with E-state index >= 15 is 0 Å². The summed E-state index contributed by atoms with van der Waals surface area (Å²) in [4.78, 5) is 15.4. The highest BCUT2D eigenvalue weighted by atomic mass is 16.2. The molecule has 0 spiro atoms. The highest BCUT2D eigenvalue weighted by molar-refractivity contribution is 5.81. The fourth-order valence-corrected chi connectivity index (χ4v) is 1.24. The summed E-state index contributed by atoms with van der Waals surface area (Å²) in [5.74, 6) is -0.109. The molecule has 1 heterocycles. The molecule has 1 amide bonds. The molecule has 0 fully saturated rings. The van der Waals surface area contributed by atoms with Crippen molar-refractivity contribution >= 4 is 5.91 Å². The number of nitrogens with one attached hydrogen (secondary N) is 1. The smallest absolute Gasteiger partial charge is 0.237 e. The molecule has 0 saturated carbocycles. The molecular weight excluding hydrogens is 190 g/mol. The van der Waals surface area contributed by atoms with Gasteiger partial charge in [0.05, 0.1) is 12.1 Å². The van der Waals surface area contributed by atoms with Crippen molar-refractivity contribution in [1.82, 2.24) is 10.3 Å². The van der Waals surface area contributed by atoms with Gasteiger partial charge in [0.25, 0.3) is 0 Å². The Balaban J connectivity index is 2.56. The Morgan fingerprint density at radius 3 is 2.67 bits per heavy atom. The fraction of sp³-hybridized carbons (Fsp3) is 0.455. The summed E-state index contributed by atoms with van der Waals surface area (Å²) in [5, 5.41) is 2.86. The largest absolute Gasteiger partial charge is 0.348 e. The molecule has 0 saturated heterocycles. The maximum Gasteiger partial charge on any atom is 0.237 e. The fourth-order valence-electron chi connectivity index (χ4n) is 1.24. The first kappa shape index (κ1) is 11.7. The molecular formula is C11H17N3O. The van der Waals surface area contributed by atoms with Gasteiger partial charge >= 0.3 is 0 Å². The van der Waals surface area contributed by atoms with Crippen molar-refractivity contribution in [3.05, 3.63) is 30.1 Å². The maximum atomic E-state index is 11.5. The van der Waals surface area contributed by atoms with Gasteiger partial charge in [-0.25, -0.2) is 0 Å². The number of aromatic nitrogens is 1. The molecule has 82 valence electrons. The normalized spacial score (nSPS) is 14.3. The number of amides is 1. The van der Waals surface area contributed by atoms with Crippen LogP contribution in [0.3, 0.4) is 0 Å². The van der Waals surface area contributed by atoms with Gasteiger partial charge in [-0.1, -0.05) is 6.92 Å². The van der Waals surface area contributed by atoms with Crippen LogP contribution in [-0.4, -0.2) is 16.9 Å². The molecule has 15 heavy (non-hydrogen) atoms. The molecule has 0 radical (unpaired) electrons. The Morgan fingerprint density at radius 1 is 1.53 bits per heavy atom. The van der Waals surface area contributed by atoms with Crippen molar-refractivity contribution in [2.45, 2.75) is 32.4 Å². The van der Waals surface area contributed by atoms with Crippen LogP contribution in [0.1, 0.15) is 31.9 Å². The number of carbonyl (C=O) groups excluding carboxylic acids is 1. The quantitative estimate of drug-likeness (QED) is 0.773. The van der Waals surface area contributed by atoms with Gasteiger partial charge in [-0.2, -0.15) is 0 Å². The Morgan fingerprint density at radius 2 is 2.13 bits per heavy atom. The Labute approximate surface area is 89.9 Å². The van der Waals surface area contributed by atoms with E-state index in [0.29, 0.717) is 6.42 Å². The van der Waals surface area contributed by atoms with Crippen molar-refractivity contribution in [2.24, 2.45) is 5.73 Å². The lowest BCUT2D eigenvalue weighted by Crippen LogP contribution is -2.41. The molecule has 0 aromatic carbocycles. The standard InChI is InChI=1S/C11H17N3O/c1-3-10(12)11(15)14-8(2)9-4-6-13-7-5-9/h4-8,10H,3,12H2,1-2H3,(H,14,15)/t8-,10-/m0/s1. The third-order valence-corrected chi connectivity index (χ3v) is 2.34. The molecule has 0 aliphatic heterocycles. The minimum absolute atomic E-state index is 0.0295. The van der Waals surface area contributed by atoms with Crippen LogP contribution in [-0.2, 0) is 4.79 Å². The zero-order valence-electron chi connectivity index (χ0n) is 9.10. The number of pyridine rings is 1. The summed E-state index contributed by atoms with van der Waals surface area (Å²) in [5.41, 5.74) is 6.65. The Hall–Kier alpha value is -1.42. The number of nitrogens with two attached hydrogens (primary N) is 1. The molecule has 1 aromatic heterocycles. The summed E-state index contributed by atoms with van der Waals surface area (Å²) >= 11 is 0. The summed E-state index contributed by atoms with van der Waals surface area (Å²) in [7, 11) is 0. The molecule has 1 aromatic rings. The van der Waals surface area contributed by atoms with Crippen molar-refractivity contribution in [2.75, 3.05) is 0 Å². The van der Waals surface area contributed by atoms with E-state index in [1.54, 1.807) is 12.4 Å². The molecule has 4 nitrogen and oxygen atoms in total. The van der Waals surface area contributed by atoms with E-state index < -0.39 is 6.04 Å². The first-order valence-electron chi connectivity index (χ1n) is 5.11. The second-order valence-corrected chi connectivity index (χ2v) is 3.53. The highest BCUT2D eigenvalue weighted by Gasteiger charge is 2.14. The second-order valence-electron chi connectivity index (χ2n) is 3.53. The zero-order valence-corrected chi connectivity index (χ0v) is 9.10. The van der Waals surface area contributed by atoms with Crippen LogP contribution in [0.2, 0.25) is 0 Å². The average molecular weight is 207 g/mol. The predicted octanol–water partition coefficient (Wildman–Crippen LogP) is 0.996. The molecule has 2 atom stereocenters. The monoisotopic (exact) mass is 207 g/mol. The summed E-state index contributed by atoms with van der Waals surface area (Å²) in [6, 6.07) is 3.30. The molecule has 1 rings (SSSR count). The maximum absolute atomic E-state index is 11.5. The summed E-state index contributed by atoms with van der Waals surface area (Å²) in [6.07, 6.45) is 4.06. The van der Waals surface area contributed by atoms with Crippen molar-refractivity contribution in [3.8, 4) is 0 Å². The number of hydrogen-bond acceptors (Lipinski definition) is 3. The first-order chi connectivity index (χ1) is 7.15. The van der Waals surface area contributed by atoms with Crippen LogP contribution in [0.25, 0.3) is 0 Å². The summed E-state index contributed by atoms with van der Waals surface area (Å²) in [6.45, 7) is 3.82. The van der Waals surface area contributed by atoms with Crippen LogP contribution in [0, 0.1) is 0 Å². The Bertz CT molecular complexity index is 313. The lowest BCUT2D eigenvalue weighted by Gasteiger charge is -2.16. The second kappa shape index (κ2) is 5.46. The van der Waals surface area contributed by atoms with Crippen LogP contribution in [0.15, 0.2) is 24.5 Å². The minimum Gasteiger partial charge on any atom is -0.348 e. The van der Waals surface area contributed by atoms with E-state index in [2.05, 4.69) is 10.3 Å². The third kappa shape index (κ3) is 3.32.